The minimum Gasteiger partial charge on any atom is -0.502 e. The van der Waals surface area contributed by atoms with Crippen molar-refractivity contribution in [1.82, 2.24) is 0 Å². The number of hydrogen-bond acceptors (Lipinski definition) is 5. The zero-order chi connectivity index (χ0) is 16.1. The van der Waals surface area contributed by atoms with Crippen LogP contribution in [0.4, 0.5) is 5.69 Å². The highest BCUT2D eigenvalue weighted by molar-refractivity contribution is 6.06. The molecule has 0 saturated heterocycles. The smallest absolute Gasteiger partial charge is 0.311 e. The van der Waals surface area contributed by atoms with Gasteiger partial charge in [-0.15, -0.1) is 0 Å². The molecule has 0 aliphatic carbocycles. The second-order valence-corrected chi connectivity index (χ2v) is 4.39. The first-order chi connectivity index (χ1) is 10.5. The number of nitrogens with zero attached hydrogens (tertiary/aromatic N) is 2. The van der Waals surface area contributed by atoms with Crippen LogP contribution in [0.5, 0.6) is 5.75 Å². The fourth-order valence-corrected chi connectivity index (χ4v) is 1.77. The Balaban J connectivity index is 2.20. The summed E-state index contributed by atoms with van der Waals surface area (Å²) in [6, 6.07) is 11.9. The number of phenolic OH excluding ortho intramolecular Hbond substituents is 1. The second kappa shape index (κ2) is 6.33. The molecule has 0 aromatic heterocycles. The van der Waals surface area contributed by atoms with Crippen LogP contribution in [0.25, 0.3) is 6.08 Å². The summed E-state index contributed by atoms with van der Waals surface area (Å²) in [6.07, 6.45) is 2.70. The van der Waals surface area contributed by atoms with E-state index < -0.39 is 16.4 Å². The summed E-state index contributed by atoms with van der Waals surface area (Å²) in [5, 5.41) is 28.8. The van der Waals surface area contributed by atoms with Gasteiger partial charge < -0.3 is 5.11 Å². The first-order valence-corrected chi connectivity index (χ1v) is 6.21. The molecule has 0 unspecified atom stereocenters. The van der Waals surface area contributed by atoms with E-state index in [4.69, 9.17) is 5.26 Å². The zero-order valence-corrected chi connectivity index (χ0v) is 11.3. The van der Waals surface area contributed by atoms with Gasteiger partial charge in [0.25, 0.3) is 0 Å². The molecule has 6 heteroatoms. The van der Waals surface area contributed by atoms with Crippen LogP contribution in [-0.2, 0) is 0 Å². The summed E-state index contributed by atoms with van der Waals surface area (Å²) in [7, 11) is 0. The Labute approximate surface area is 125 Å². The topological polar surface area (TPSA) is 104 Å². The van der Waals surface area contributed by atoms with Crippen LogP contribution in [0.2, 0.25) is 0 Å². The number of hydrogen-bond donors (Lipinski definition) is 1. The third kappa shape index (κ3) is 3.35. The summed E-state index contributed by atoms with van der Waals surface area (Å²) in [4.78, 5) is 22.0. The number of phenols is 1. The van der Waals surface area contributed by atoms with Crippen molar-refractivity contribution in [2.45, 2.75) is 0 Å². The van der Waals surface area contributed by atoms with Crippen molar-refractivity contribution in [3.8, 4) is 11.8 Å². The fourth-order valence-electron chi connectivity index (χ4n) is 1.77. The average Bonchev–Trinajstić information content (AvgIpc) is 2.53. The molecule has 0 aliphatic heterocycles. The van der Waals surface area contributed by atoms with Crippen LogP contribution < -0.4 is 0 Å². The molecule has 22 heavy (non-hydrogen) atoms. The largest absolute Gasteiger partial charge is 0.502 e. The van der Waals surface area contributed by atoms with Crippen molar-refractivity contribution in [1.29, 1.82) is 5.26 Å². The molecule has 6 nitrogen and oxygen atoms in total. The van der Waals surface area contributed by atoms with Gasteiger partial charge in [-0.05, 0) is 42.0 Å². The molecule has 2 rings (SSSR count). The first-order valence-electron chi connectivity index (χ1n) is 6.21. The molecule has 0 fully saturated rings. The normalized spacial score (nSPS) is 10.3. The maximum Gasteiger partial charge on any atom is 0.311 e. The SMILES string of the molecule is N#Cc1ccc(C(=O)/C=C/c2ccc(O)c([N+](=O)[O-])c2)cc1. The lowest BCUT2D eigenvalue weighted by atomic mass is 10.1. The number of carbonyl (C=O) groups excluding carboxylic acids is 1. The molecule has 108 valence electrons. The Bertz CT molecular complexity index is 802. The summed E-state index contributed by atoms with van der Waals surface area (Å²) < 4.78 is 0. The lowest BCUT2D eigenvalue weighted by molar-refractivity contribution is -0.385. The number of aromatic hydroxyl groups is 1. The molecular weight excluding hydrogens is 284 g/mol. The molecule has 2 aromatic carbocycles. The van der Waals surface area contributed by atoms with Crippen LogP contribution in [0, 0.1) is 21.4 Å². The number of benzene rings is 2. The second-order valence-electron chi connectivity index (χ2n) is 4.39. The molecule has 0 heterocycles. The Kier molecular flexibility index (Phi) is 4.30. The van der Waals surface area contributed by atoms with Crippen molar-refractivity contribution >= 4 is 17.5 Å². The minimum absolute atomic E-state index is 0.291. The molecular formula is C16H10N2O4. The van der Waals surface area contributed by atoms with Gasteiger partial charge in [0.15, 0.2) is 11.5 Å². The van der Waals surface area contributed by atoms with E-state index in [-0.39, 0.29) is 5.78 Å². The number of nitriles is 1. The number of nitro groups is 1. The standard InChI is InChI=1S/C16H10N2O4/c17-10-12-1-5-13(6-2-12)15(19)7-3-11-4-8-16(20)14(9-11)18(21)22/h1-9,20H/b7-3+. The fraction of sp³-hybridized carbons (Fsp3) is 0. The van der Waals surface area contributed by atoms with Gasteiger partial charge in [-0.25, -0.2) is 0 Å². The van der Waals surface area contributed by atoms with Crippen molar-refractivity contribution in [3.63, 3.8) is 0 Å². The maximum atomic E-state index is 12.0. The van der Waals surface area contributed by atoms with Crippen molar-refractivity contribution in [3.05, 3.63) is 75.3 Å². The molecule has 0 saturated carbocycles. The number of carbonyl (C=O) groups is 1. The Morgan fingerprint density at radius 3 is 2.50 bits per heavy atom. The predicted molar refractivity (Wildman–Crippen MR) is 79.3 cm³/mol. The minimum atomic E-state index is -0.699. The third-order valence-corrected chi connectivity index (χ3v) is 2.92. The number of allylic oxidation sites excluding steroid dienone is 1. The van der Waals surface area contributed by atoms with Crippen molar-refractivity contribution in [2.24, 2.45) is 0 Å². The highest BCUT2D eigenvalue weighted by Crippen LogP contribution is 2.26. The van der Waals surface area contributed by atoms with Gasteiger partial charge in [-0.1, -0.05) is 12.1 Å². The molecule has 0 bridgehead atoms. The van der Waals surface area contributed by atoms with E-state index in [0.29, 0.717) is 16.7 Å². The Morgan fingerprint density at radius 2 is 1.91 bits per heavy atom. The number of nitro benzene ring substituents is 1. The predicted octanol–water partition coefficient (Wildman–Crippen LogP) is 3.07. The lowest BCUT2D eigenvalue weighted by Gasteiger charge is -1.98. The van der Waals surface area contributed by atoms with Crippen molar-refractivity contribution in [2.75, 3.05) is 0 Å². The van der Waals surface area contributed by atoms with Gasteiger partial charge in [-0.3, -0.25) is 14.9 Å². The Morgan fingerprint density at radius 1 is 1.23 bits per heavy atom. The quantitative estimate of drug-likeness (QED) is 0.404. The summed E-state index contributed by atoms with van der Waals surface area (Å²) >= 11 is 0. The molecule has 0 aliphatic rings. The lowest BCUT2D eigenvalue weighted by Crippen LogP contribution is -1.94. The molecule has 1 N–H and O–H groups in total. The van der Waals surface area contributed by atoms with Crippen LogP contribution in [-0.4, -0.2) is 15.8 Å². The van der Waals surface area contributed by atoms with Gasteiger partial charge in [0.05, 0.1) is 16.6 Å². The van der Waals surface area contributed by atoms with E-state index in [1.54, 1.807) is 0 Å². The van der Waals surface area contributed by atoms with Crippen LogP contribution in [0.1, 0.15) is 21.5 Å². The number of ketones is 1. The highest BCUT2D eigenvalue weighted by atomic mass is 16.6. The molecule has 0 atom stereocenters. The summed E-state index contributed by atoms with van der Waals surface area (Å²) in [6.45, 7) is 0. The van der Waals surface area contributed by atoms with E-state index in [2.05, 4.69) is 0 Å². The van der Waals surface area contributed by atoms with E-state index in [0.717, 1.165) is 0 Å². The van der Waals surface area contributed by atoms with Crippen molar-refractivity contribution < 1.29 is 14.8 Å². The van der Waals surface area contributed by atoms with Crippen LogP contribution in [0.15, 0.2) is 48.5 Å². The Hall–Kier alpha value is -3.46. The summed E-state index contributed by atoms with van der Waals surface area (Å²) in [5.74, 6) is -0.721. The first kappa shape index (κ1) is 14.9. The van der Waals surface area contributed by atoms with E-state index in [1.165, 1.54) is 54.6 Å². The van der Waals surface area contributed by atoms with E-state index in [9.17, 15) is 20.0 Å². The monoisotopic (exact) mass is 294 g/mol. The summed E-state index contributed by atoms with van der Waals surface area (Å²) in [5.41, 5.74) is 0.859. The molecule has 0 amide bonds. The van der Waals surface area contributed by atoms with E-state index in [1.807, 2.05) is 6.07 Å². The molecule has 0 radical (unpaired) electrons. The van der Waals surface area contributed by atoms with Gasteiger partial charge in [-0.2, -0.15) is 5.26 Å². The number of rotatable bonds is 4. The zero-order valence-electron chi connectivity index (χ0n) is 11.3. The molecule has 2 aromatic rings. The van der Waals surface area contributed by atoms with E-state index >= 15 is 0 Å². The maximum absolute atomic E-state index is 12.0. The van der Waals surface area contributed by atoms with Gasteiger partial charge >= 0.3 is 5.69 Å². The molecule has 0 spiro atoms. The van der Waals surface area contributed by atoms with Gasteiger partial charge in [0, 0.05) is 11.6 Å². The van der Waals surface area contributed by atoms with Gasteiger partial charge in [0.2, 0.25) is 0 Å². The average molecular weight is 294 g/mol. The third-order valence-electron chi connectivity index (χ3n) is 2.92. The highest BCUT2D eigenvalue weighted by Gasteiger charge is 2.12. The van der Waals surface area contributed by atoms with Crippen LogP contribution >= 0.6 is 0 Å². The van der Waals surface area contributed by atoms with Gasteiger partial charge in [0.1, 0.15) is 0 Å². The van der Waals surface area contributed by atoms with Crippen LogP contribution in [0.3, 0.4) is 0 Å².